The van der Waals surface area contributed by atoms with Crippen molar-refractivity contribution in [3.8, 4) is 0 Å². The summed E-state index contributed by atoms with van der Waals surface area (Å²) in [5.41, 5.74) is 1.49. The van der Waals surface area contributed by atoms with E-state index < -0.39 is 14.2 Å². The average molecular weight is 454 g/mol. The van der Waals surface area contributed by atoms with Gasteiger partial charge in [-0.2, -0.15) is 0 Å². The van der Waals surface area contributed by atoms with Crippen molar-refractivity contribution in [2.24, 2.45) is 0 Å². The fraction of sp³-hybridized carbons (Fsp3) is 0.316. The number of carbonyl (C=O) groups excluding carboxylic acids is 1. The summed E-state index contributed by atoms with van der Waals surface area (Å²) in [5.74, 6) is -0.379. The molecule has 0 aliphatic heterocycles. The Morgan fingerprint density at radius 3 is 2.36 bits per heavy atom. The van der Waals surface area contributed by atoms with Crippen LogP contribution in [0.2, 0.25) is 0 Å². The van der Waals surface area contributed by atoms with Crippen LogP contribution < -0.4 is 15.0 Å². The first kappa shape index (κ1) is 24.1. The van der Waals surface area contributed by atoms with Crippen LogP contribution in [0.4, 0.5) is 5.69 Å². The second-order valence-electron chi connectivity index (χ2n) is 5.81. The number of anilines is 1. The van der Waals surface area contributed by atoms with E-state index in [2.05, 4.69) is 38.8 Å². The standard InChI is InChI=1S/C11H17NO.C8H10AsNO5/c1-13-9-5-8-12-10-11-6-3-2-4-7-11;1-6(11)10-8-5-3-2-4-7(8)9(12,13)15-14/h2-4,6-7,12H,5,8-10H2,1H3;2-5,14H,1H3,(H,10,11)(H,12,13). The molecule has 2 aromatic rings. The molecular weight excluding hydrogens is 427 g/mol. The molecule has 2 aromatic carbocycles. The summed E-state index contributed by atoms with van der Waals surface area (Å²) in [6.45, 7) is 4.07. The summed E-state index contributed by atoms with van der Waals surface area (Å²) < 4.78 is 29.1. The Hall–Kier alpha value is -1.93. The van der Waals surface area contributed by atoms with Gasteiger partial charge < -0.3 is 10.1 Å². The maximum absolute atomic E-state index is 11.4. The Morgan fingerprint density at radius 2 is 1.75 bits per heavy atom. The number of methoxy groups -OCH3 is 1. The molecule has 0 fully saturated rings. The zero-order chi connectivity index (χ0) is 20.8. The van der Waals surface area contributed by atoms with Gasteiger partial charge in [0.2, 0.25) is 0 Å². The summed E-state index contributed by atoms with van der Waals surface area (Å²) in [6.07, 6.45) is 1.07. The summed E-state index contributed by atoms with van der Waals surface area (Å²) in [6, 6.07) is 16.3. The number of rotatable bonds is 9. The normalized spacial score (nSPS) is 12.4. The van der Waals surface area contributed by atoms with Gasteiger partial charge >= 0.3 is 88.4 Å². The van der Waals surface area contributed by atoms with Gasteiger partial charge in [0.1, 0.15) is 0 Å². The van der Waals surface area contributed by atoms with Gasteiger partial charge in [0, 0.05) is 20.3 Å². The zero-order valence-electron chi connectivity index (χ0n) is 16.0. The number of nitrogens with one attached hydrogen (secondary N) is 2. The molecule has 0 heterocycles. The van der Waals surface area contributed by atoms with Crippen molar-refractivity contribution in [3.05, 3.63) is 60.2 Å². The van der Waals surface area contributed by atoms with Gasteiger partial charge in [-0.3, -0.25) is 0 Å². The number of amides is 1. The summed E-state index contributed by atoms with van der Waals surface area (Å²) >= 11 is -4.92. The molecule has 0 bridgehead atoms. The number of hydrogen-bond donors (Lipinski definition) is 4. The molecule has 0 saturated carbocycles. The minimum absolute atomic E-state index is 0.103. The van der Waals surface area contributed by atoms with Crippen LogP contribution >= 0.6 is 0 Å². The van der Waals surface area contributed by atoms with Crippen molar-refractivity contribution in [1.82, 2.24) is 5.32 Å². The van der Waals surface area contributed by atoms with Crippen molar-refractivity contribution in [3.63, 3.8) is 0 Å². The van der Waals surface area contributed by atoms with Crippen LogP contribution in [0.1, 0.15) is 18.9 Å². The maximum atomic E-state index is 11.4. The summed E-state index contributed by atoms with van der Waals surface area (Å²) in [4.78, 5) is 10.8. The minimum atomic E-state index is -4.92. The smallest absolute Gasteiger partial charge is 0.0474 e. The predicted octanol–water partition coefficient (Wildman–Crippen LogP) is 1.52. The van der Waals surface area contributed by atoms with Gasteiger partial charge in [0.25, 0.3) is 0 Å². The quantitative estimate of drug-likeness (QED) is 0.196. The van der Waals surface area contributed by atoms with Crippen LogP contribution in [-0.2, 0) is 23.7 Å². The van der Waals surface area contributed by atoms with E-state index in [-0.39, 0.29) is 15.9 Å². The van der Waals surface area contributed by atoms with Crippen LogP contribution in [0.3, 0.4) is 0 Å². The fourth-order valence-corrected chi connectivity index (χ4v) is 3.90. The van der Waals surface area contributed by atoms with Gasteiger partial charge in [0.05, 0.1) is 0 Å². The Morgan fingerprint density at radius 1 is 1.11 bits per heavy atom. The van der Waals surface area contributed by atoms with Crippen molar-refractivity contribution in [2.75, 3.05) is 25.6 Å². The number of ether oxygens (including phenoxy) is 1. The first-order chi connectivity index (χ1) is 13.4. The molecule has 8 nitrogen and oxygen atoms in total. The third-order valence-corrected chi connectivity index (χ3v) is 6.06. The first-order valence-electron chi connectivity index (χ1n) is 8.67. The van der Waals surface area contributed by atoms with E-state index in [0.717, 1.165) is 26.1 Å². The molecule has 0 spiro atoms. The van der Waals surface area contributed by atoms with E-state index in [4.69, 9.17) is 9.99 Å². The Kier molecular flexibility index (Phi) is 11.4. The number of para-hydroxylation sites is 1. The van der Waals surface area contributed by atoms with Gasteiger partial charge in [-0.05, 0) is 18.5 Å². The van der Waals surface area contributed by atoms with Gasteiger partial charge in [-0.1, -0.05) is 30.3 Å². The Bertz CT molecular complexity index is 757. The van der Waals surface area contributed by atoms with Crippen LogP contribution in [0.15, 0.2) is 54.6 Å². The third kappa shape index (κ3) is 9.32. The maximum Gasteiger partial charge on any atom is 0.0474 e. The third-order valence-electron chi connectivity index (χ3n) is 3.50. The van der Waals surface area contributed by atoms with Crippen LogP contribution in [0, 0.1) is 0 Å². The molecule has 0 radical (unpaired) electrons. The molecule has 154 valence electrons. The molecule has 0 aliphatic rings. The van der Waals surface area contributed by atoms with Crippen molar-refractivity contribution in [2.45, 2.75) is 19.9 Å². The predicted molar refractivity (Wildman–Crippen MR) is 107 cm³/mol. The summed E-state index contributed by atoms with van der Waals surface area (Å²) in [7, 11) is 1.73. The molecule has 0 saturated heterocycles. The van der Waals surface area contributed by atoms with Crippen LogP contribution in [0.5, 0.6) is 0 Å². The van der Waals surface area contributed by atoms with Gasteiger partial charge in [-0.25, -0.2) is 0 Å². The Labute approximate surface area is 167 Å². The molecule has 2 rings (SSSR count). The van der Waals surface area contributed by atoms with E-state index >= 15 is 0 Å². The van der Waals surface area contributed by atoms with Gasteiger partial charge in [0.15, 0.2) is 0 Å². The zero-order valence-corrected chi connectivity index (χ0v) is 17.9. The van der Waals surface area contributed by atoms with E-state index in [9.17, 15) is 12.6 Å². The average Bonchev–Trinajstić information content (AvgIpc) is 2.69. The van der Waals surface area contributed by atoms with Crippen LogP contribution in [-0.4, -0.2) is 49.7 Å². The minimum Gasteiger partial charge on any atom is -0.385 e. The Balaban J connectivity index is 0.000000283. The summed E-state index contributed by atoms with van der Waals surface area (Å²) in [5, 5.41) is 14.0. The largest absolute Gasteiger partial charge is 0.385 e. The number of carbonyl (C=O) groups is 1. The molecule has 1 unspecified atom stereocenters. The molecule has 9 heteroatoms. The monoisotopic (exact) mass is 454 g/mol. The van der Waals surface area contributed by atoms with Crippen molar-refractivity contribution < 1.29 is 26.5 Å². The second kappa shape index (κ2) is 13.3. The molecule has 4 N–H and O–H groups in total. The number of benzene rings is 2. The van der Waals surface area contributed by atoms with Crippen molar-refractivity contribution in [1.29, 1.82) is 0 Å². The van der Waals surface area contributed by atoms with E-state index in [1.54, 1.807) is 13.2 Å². The second-order valence-corrected chi connectivity index (χ2v) is 9.35. The fourth-order valence-electron chi connectivity index (χ4n) is 2.23. The SMILES string of the molecule is CC(=O)Nc1ccccc1[As](=O)(O)OO.COCCCNCc1ccccc1. The first-order valence-corrected chi connectivity index (χ1v) is 12.0. The van der Waals surface area contributed by atoms with Crippen molar-refractivity contribution >= 4 is 30.1 Å². The molecule has 1 atom stereocenters. The van der Waals surface area contributed by atoms with Gasteiger partial charge in [-0.15, -0.1) is 0 Å². The molecule has 1 amide bonds. The van der Waals surface area contributed by atoms with Crippen LogP contribution in [0.25, 0.3) is 0 Å². The van der Waals surface area contributed by atoms with E-state index in [0.29, 0.717) is 0 Å². The molecule has 0 aliphatic carbocycles. The number of hydrogen-bond acceptors (Lipinski definition) is 6. The molecule has 28 heavy (non-hydrogen) atoms. The van der Waals surface area contributed by atoms with E-state index in [1.165, 1.54) is 30.7 Å². The topological polar surface area (TPSA) is 117 Å². The molecule has 0 aromatic heterocycles. The molecular formula is C19H27AsN2O6. The van der Waals surface area contributed by atoms with E-state index in [1.807, 2.05) is 6.07 Å².